The SMILES string of the molecule is Cc1nc(SCC(=O)c2cccc(F)c2)[nH]c(=O)c1CCO. The van der Waals surface area contributed by atoms with Crippen LogP contribution in [0.1, 0.15) is 21.6 Å². The van der Waals surface area contributed by atoms with Crippen molar-refractivity contribution in [2.24, 2.45) is 0 Å². The van der Waals surface area contributed by atoms with Crippen LogP contribution < -0.4 is 5.56 Å². The van der Waals surface area contributed by atoms with Crippen molar-refractivity contribution < 1.29 is 14.3 Å². The number of aryl methyl sites for hydroxylation is 1. The van der Waals surface area contributed by atoms with Crippen LogP contribution in [-0.2, 0) is 6.42 Å². The standard InChI is InChI=1S/C15H15FN2O3S/c1-9-12(5-6-19)14(21)18-15(17-9)22-8-13(20)10-3-2-4-11(16)7-10/h2-4,7,19H,5-6,8H2,1H3,(H,17,18,21). The lowest BCUT2D eigenvalue weighted by molar-refractivity contribution is 0.102. The second kappa shape index (κ2) is 7.33. The third kappa shape index (κ3) is 4.02. The summed E-state index contributed by atoms with van der Waals surface area (Å²) in [6.07, 6.45) is 0.237. The van der Waals surface area contributed by atoms with Crippen LogP contribution in [-0.4, -0.2) is 33.2 Å². The molecule has 0 aliphatic heterocycles. The number of aromatic amines is 1. The maximum atomic E-state index is 13.1. The van der Waals surface area contributed by atoms with Gasteiger partial charge in [-0.05, 0) is 19.1 Å². The highest BCUT2D eigenvalue weighted by Gasteiger charge is 2.11. The van der Waals surface area contributed by atoms with Crippen molar-refractivity contribution in [1.29, 1.82) is 0 Å². The van der Waals surface area contributed by atoms with Gasteiger partial charge in [-0.2, -0.15) is 0 Å². The van der Waals surface area contributed by atoms with Gasteiger partial charge in [-0.3, -0.25) is 9.59 Å². The summed E-state index contributed by atoms with van der Waals surface area (Å²) >= 11 is 1.08. The summed E-state index contributed by atoms with van der Waals surface area (Å²) in [5.41, 5.74) is 0.924. The zero-order chi connectivity index (χ0) is 16.1. The normalized spacial score (nSPS) is 10.7. The number of aliphatic hydroxyl groups excluding tert-OH is 1. The van der Waals surface area contributed by atoms with Crippen LogP contribution in [0.5, 0.6) is 0 Å². The van der Waals surface area contributed by atoms with E-state index in [-0.39, 0.29) is 35.7 Å². The number of halogens is 1. The van der Waals surface area contributed by atoms with Gasteiger partial charge in [-0.1, -0.05) is 23.9 Å². The first-order chi connectivity index (χ1) is 10.5. The van der Waals surface area contributed by atoms with Crippen molar-refractivity contribution >= 4 is 17.5 Å². The maximum Gasteiger partial charge on any atom is 0.255 e. The molecular weight excluding hydrogens is 307 g/mol. The first-order valence-corrected chi connectivity index (χ1v) is 7.62. The number of benzene rings is 1. The van der Waals surface area contributed by atoms with Crippen LogP contribution in [0.2, 0.25) is 0 Å². The predicted octanol–water partition coefficient (Wildman–Crippen LogP) is 1.73. The first kappa shape index (κ1) is 16.4. The van der Waals surface area contributed by atoms with E-state index in [4.69, 9.17) is 5.11 Å². The molecule has 2 rings (SSSR count). The van der Waals surface area contributed by atoms with Crippen LogP contribution in [0.3, 0.4) is 0 Å². The molecule has 22 heavy (non-hydrogen) atoms. The third-order valence-corrected chi connectivity index (χ3v) is 3.92. The molecule has 2 aromatic rings. The minimum absolute atomic E-state index is 0.0468. The fraction of sp³-hybridized carbons (Fsp3) is 0.267. The Morgan fingerprint density at radius 3 is 2.86 bits per heavy atom. The van der Waals surface area contributed by atoms with Crippen LogP contribution in [0, 0.1) is 12.7 Å². The van der Waals surface area contributed by atoms with E-state index in [9.17, 15) is 14.0 Å². The van der Waals surface area contributed by atoms with E-state index in [1.165, 1.54) is 24.3 Å². The number of aliphatic hydroxyl groups is 1. The molecule has 0 fully saturated rings. The third-order valence-electron chi connectivity index (χ3n) is 3.05. The van der Waals surface area contributed by atoms with Crippen LogP contribution in [0.4, 0.5) is 4.39 Å². The summed E-state index contributed by atoms with van der Waals surface area (Å²) in [5, 5.41) is 9.23. The smallest absolute Gasteiger partial charge is 0.255 e. The number of carbonyl (C=O) groups is 1. The molecule has 0 aliphatic carbocycles. The Hall–Kier alpha value is -1.99. The van der Waals surface area contributed by atoms with Crippen molar-refractivity contribution in [1.82, 2.24) is 9.97 Å². The van der Waals surface area contributed by atoms with Crippen LogP contribution in [0.25, 0.3) is 0 Å². The van der Waals surface area contributed by atoms with Crippen molar-refractivity contribution in [3.8, 4) is 0 Å². The fourth-order valence-corrected chi connectivity index (χ4v) is 2.74. The number of aromatic nitrogens is 2. The van der Waals surface area contributed by atoms with Gasteiger partial charge in [0.1, 0.15) is 5.82 Å². The van der Waals surface area contributed by atoms with E-state index in [1.54, 1.807) is 6.92 Å². The van der Waals surface area contributed by atoms with Crippen molar-refractivity contribution in [2.75, 3.05) is 12.4 Å². The van der Waals surface area contributed by atoms with Gasteiger partial charge >= 0.3 is 0 Å². The zero-order valence-electron chi connectivity index (χ0n) is 11.9. The highest BCUT2D eigenvalue weighted by Crippen LogP contribution is 2.15. The Labute approximate surface area is 130 Å². The van der Waals surface area contributed by atoms with E-state index in [0.29, 0.717) is 16.4 Å². The Morgan fingerprint density at radius 1 is 1.45 bits per heavy atom. The largest absolute Gasteiger partial charge is 0.396 e. The summed E-state index contributed by atoms with van der Waals surface area (Å²) in [6.45, 7) is 1.55. The molecule has 0 spiro atoms. The fourth-order valence-electron chi connectivity index (χ4n) is 1.94. The first-order valence-electron chi connectivity index (χ1n) is 6.63. The maximum absolute atomic E-state index is 13.1. The summed E-state index contributed by atoms with van der Waals surface area (Å²) in [5.74, 6) is -0.665. The van der Waals surface area contributed by atoms with Gasteiger partial charge in [0, 0.05) is 29.8 Å². The number of H-pyrrole nitrogens is 1. The molecule has 116 valence electrons. The van der Waals surface area contributed by atoms with Gasteiger partial charge in [0.25, 0.3) is 5.56 Å². The predicted molar refractivity (Wildman–Crippen MR) is 81.8 cm³/mol. The molecule has 2 N–H and O–H groups in total. The van der Waals surface area contributed by atoms with Gasteiger partial charge in [0.2, 0.25) is 0 Å². The molecule has 1 aromatic heterocycles. The number of Topliss-reactive ketones (excluding diaryl/α,β-unsaturated/α-hetero) is 1. The molecule has 0 aliphatic rings. The van der Waals surface area contributed by atoms with Crippen molar-refractivity contribution in [3.05, 3.63) is 57.3 Å². The number of nitrogens with one attached hydrogen (secondary N) is 1. The van der Waals surface area contributed by atoms with E-state index < -0.39 is 5.82 Å². The Bertz CT molecular complexity index is 746. The van der Waals surface area contributed by atoms with E-state index in [2.05, 4.69) is 9.97 Å². The topological polar surface area (TPSA) is 83.0 Å². The number of ketones is 1. The van der Waals surface area contributed by atoms with E-state index in [0.717, 1.165) is 11.8 Å². The number of rotatable bonds is 6. The summed E-state index contributed by atoms with van der Waals surface area (Å²) in [7, 11) is 0. The van der Waals surface area contributed by atoms with Crippen molar-refractivity contribution in [3.63, 3.8) is 0 Å². The number of thioether (sulfide) groups is 1. The average molecular weight is 322 g/mol. The number of hydrogen-bond donors (Lipinski definition) is 2. The molecular formula is C15H15FN2O3S. The Balaban J connectivity index is 2.09. The highest BCUT2D eigenvalue weighted by molar-refractivity contribution is 7.99. The average Bonchev–Trinajstić information content (AvgIpc) is 2.48. The molecule has 1 heterocycles. The monoisotopic (exact) mass is 322 g/mol. The summed E-state index contributed by atoms with van der Waals surface area (Å²) in [4.78, 5) is 30.6. The Kier molecular flexibility index (Phi) is 5.46. The summed E-state index contributed by atoms with van der Waals surface area (Å²) in [6, 6.07) is 5.46. The quantitative estimate of drug-likeness (QED) is 0.481. The zero-order valence-corrected chi connectivity index (χ0v) is 12.7. The second-order valence-electron chi connectivity index (χ2n) is 4.63. The summed E-state index contributed by atoms with van der Waals surface area (Å²) < 4.78 is 13.1. The molecule has 0 radical (unpaired) electrons. The van der Waals surface area contributed by atoms with E-state index >= 15 is 0 Å². The molecule has 0 bridgehead atoms. The van der Waals surface area contributed by atoms with Crippen LogP contribution in [0.15, 0.2) is 34.2 Å². The van der Waals surface area contributed by atoms with Crippen molar-refractivity contribution in [2.45, 2.75) is 18.5 Å². The van der Waals surface area contributed by atoms with Gasteiger partial charge in [0.05, 0.1) is 5.75 Å². The number of hydrogen-bond acceptors (Lipinski definition) is 5. The van der Waals surface area contributed by atoms with Gasteiger partial charge in [-0.15, -0.1) is 0 Å². The molecule has 0 saturated heterocycles. The lowest BCUT2D eigenvalue weighted by Gasteiger charge is -2.06. The second-order valence-corrected chi connectivity index (χ2v) is 5.59. The van der Waals surface area contributed by atoms with Gasteiger partial charge < -0.3 is 10.1 Å². The minimum Gasteiger partial charge on any atom is -0.396 e. The van der Waals surface area contributed by atoms with E-state index in [1.807, 2.05) is 0 Å². The lowest BCUT2D eigenvalue weighted by Crippen LogP contribution is -2.18. The molecule has 0 amide bonds. The molecule has 7 heteroatoms. The minimum atomic E-state index is -0.466. The Morgan fingerprint density at radius 2 is 2.23 bits per heavy atom. The number of carbonyl (C=O) groups excluding carboxylic acids is 1. The molecule has 0 unspecified atom stereocenters. The lowest BCUT2D eigenvalue weighted by atomic mass is 10.1. The van der Waals surface area contributed by atoms with Gasteiger partial charge in [0.15, 0.2) is 10.9 Å². The van der Waals surface area contributed by atoms with Gasteiger partial charge in [-0.25, -0.2) is 9.37 Å². The molecule has 1 aromatic carbocycles. The van der Waals surface area contributed by atoms with Crippen LogP contribution >= 0.6 is 11.8 Å². The number of nitrogens with zero attached hydrogens (tertiary/aromatic N) is 1. The molecule has 0 saturated carbocycles. The highest BCUT2D eigenvalue weighted by atomic mass is 32.2. The molecule has 5 nitrogen and oxygen atoms in total. The molecule has 0 atom stereocenters.